The molecule has 0 aliphatic rings. The molecule has 13 heavy (non-hydrogen) atoms. The first kappa shape index (κ1) is 12.3. The van der Waals surface area contributed by atoms with Crippen LogP contribution >= 0.6 is 11.6 Å². The molecule has 0 spiro atoms. The van der Waals surface area contributed by atoms with E-state index in [0.29, 0.717) is 0 Å². The molecule has 0 N–H and O–H groups in total. The third-order valence-corrected chi connectivity index (χ3v) is 1.44. The quantitative estimate of drug-likeness (QED) is 0.741. The van der Waals surface area contributed by atoms with E-state index in [2.05, 4.69) is 4.98 Å². The predicted molar refractivity (Wildman–Crippen MR) is 51.4 cm³/mol. The van der Waals surface area contributed by atoms with Crippen molar-refractivity contribution in [3.63, 3.8) is 0 Å². The maximum atomic E-state index is 12.1. The van der Waals surface area contributed by atoms with E-state index in [1.165, 1.54) is 12.3 Å². The standard InChI is InChI=1S/C5H3ClFN.C4H10O/c6-4-1-2-8-3-5(4)7;1-3-5-4-2/h1-3H;3-4H2,1-2H3. The Morgan fingerprint density at radius 3 is 2.31 bits per heavy atom. The van der Waals surface area contributed by atoms with Gasteiger partial charge in [0.1, 0.15) is 0 Å². The summed E-state index contributed by atoms with van der Waals surface area (Å²) in [5.74, 6) is -0.478. The molecule has 0 amide bonds. The molecule has 0 fully saturated rings. The van der Waals surface area contributed by atoms with Crippen molar-refractivity contribution in [1.82, 2.24) is 4.98 Å². The Morgan fingerprint density at radius 2 is 2.08 bits per heavy atom. The number of rotatable bonds is 2. The minimum atomic E-state index is -0.478. The summed E-state index contributed by atoms with van der Waals surface area (Å²) in [4.78, 5) is 3.49. The average Bonchev–Trinajstić information content (AvgIpc) is 2.13. The fourth-order valence-electron chi connectivity index (χ4n) is 0.562. The zero-order valence-electron chi connectivity index (χ0n) is 7.76. The third-order valence-electron chi connectivity index (χ3n) is 1.13. The van der Waals surface area contributed by atoms with Crippen LogP contribution in [0.1, 0.15) is 13.8 Å². The van der Waals surface area contributed by atoms with Crippen molar-refractivity contribution in [1.29, 1.82) is 0 Å². The second kappa shape index (κ2) is 7.95. The molecular formula is C9H13ClFNO. The van der Waals surface area contributed by atoms with Crippen LogP contribution in [-0.4, -0.2) is 18.2 Å². The van der Waals surface area contributed by atoms with Gasteiger partial charge in [0.15, 0.2) is 5.82 Å². The molecule has 0 radical (unpaired) electrons. The molecule has 1 heterocycles. The number of nitrogens with zero attached hydrogens (tertiary/aromatic N) is 1. The van der Waals surface area contributed by atoms with Gasteiger partial charge in [-0.15, -0.1) is 0 Å². The Morgan fingerprint density at radius 1 is 1.46 bits per heavy atom. The van der Waals surface area contributed by atoms with Gasteiger partial charge < -0.3 is 4.74 Å². The summed E-state index contributed by atoms with van der Waals surface area (Å²) in [7, 11) is 0. The Hall–Kier alpha value is -0.670. The summed E-state index contributed by atoms with van der Waals surface area (Å²) < 4.78 is 17.0. The van der Waals surface area contributed by atoms with E-state index in [1.54, 1.807) is 0 Å². The van der Waals surface area contributed by atoms with Gasteiger partial charge in [0.05, 0.1) is 11.2 Å². The zero-order valence-corrected chi connectivity index (χ0v) is 8.51. The predicted octanol–water partition coefficient (Wildman–Crippen LogP) is 2.92. The van der Waals surface area contributed by atoms with Crippen molar-refractivity contribution in [3.05, 3.63) is 29.3 Å². The highest BCUT2D eigenvalue weighted by Gasteiger charge is 1.92. The number of aromatic nitrogens is 1. The maximum absolute atomic E-state index is 12.1. The molecule has 0 atom stereocenters. The molecule has 0 aliphatic carbocycles. The van der Waals surface area contributed by atoms with Crippen molar-refractivity contribution < 1.29 is 9.13 Å². The Kier molecular flexibility index (Phi) is 7.54. The van der Waals surface area contributed by atoms with Gasteiger partial charge in [0.2, 0.25) is 0 Å². The maximum Gasteiger partial charge on any atom is 0.160 e. The molecule has 1 rings (SSSR count). The second-order valence-corrected chi connectivity index (χ2v) is 2.48. The third kappa shape index (κ3) is 6.49. The van der Waals surface area contributed by atoms with E-state index in [1.807, 2.05) is 13.8 Å². The first-order chi connectivity index (χ1) is 6.22. The van der Waals surface area contributed by atoms with Gasteiger partial charge in [-0.1, -0.05) is 11.6 Å². The minimum Gasteiger partial charge on any atom is -0.382 e. The Labute approximate surface area is 82.7 Å². The lowest BCUT2D eigenvalue weighted by Gasteiger charge is -1.86. The number of hydrogen-bond acceptors (Lipinski definition) is 2. The summed E-state index contributed by atoms with van der Waals surface area (Å²) >= 11 is 5.29. The van der Waals surface area contributed by atoms with Gasteiger partial charge in [0.25, 0.3) is 0 Å². The monoisotopic (exact) mass is 205 g/mol. The van der Waals surface area contributed by atoms with Crippen LogP contribution in [0.5, 0.6) is 0 Å². The topological polar surface area (TPSA) is 22.1 Å². The number of halogens is 2. The van der Waals surface area contributed by atoms with E-state index >= 15 is 0 Å². The van der Waals surface area contributed by atoms with Crippen LogP contribution in [0.4, 0.5) is 4.39 Å². The highest BCUT2D eigenvalue weighted by Crippen LogP contribution is 2.09. The Balaban J connectivity index is 0.000000252. The Bertz CT molecular complexity index is 210. The van der Waals surface area contributed by atoms with Gasteiger partial charge >= 0.3 is 0 Å². The van der Waals surface area contributed by atoms with E-state index in [9.17, 15) is 4.39 Å². The van der Waals surface area contributed by atoms with Crippen molar-refractivity contribution in [2.45, 2.75) is 13.8 Å². The first-order valence-electron chi connectivity index (χ1n) is 4.05. The van der Waals surface area contributed by atoms with Gasteiger partial charge in [-0.3, -0.25) is 4.98 Å². The van der Waals surface area contributed by atoms with E-state index in [0.717, 1.165) is 19.4 Å². The molecule has 4 heteroatoms. The molecule has 0 unspecified atom stereocenters. The summed E-state index contributed by atoms with van der Waals surface area (Å²) in [5, 5.41) is 0.111. The normalized spacial score (nSPS) is 8.92. The van der Waals surface area contributed by atoms with Crippen LogP contribution in [0.3, 0.4) is 0 Å². The van der Waals surface area contributed by atoms with Gasteiger partial charge in [0, 0.05) is 19.4 Å². The molecular weight excluding hydrogens is 193 g/mol. The van der Waals surface area contributed by atoms with Gasteiger partial charge in [-0.25, -0.2) is 4.39 Å². The van der Waals surface area contributed by atoms with Crippen LogP contribution in [0.2, 0.25) is 5.02 Å². The molecule has 2 nitrogen and oxygen atoms in total. The van der Waals surface area contributed by atoms with Crippen LogP contribution in [0.25, 0.3) is 0 Å². The molecule has 0 aromatic carbocycles. The minimum absolute atomic E-state index is 0.111. The lowest BCUT2D eigenvalue weighted by Crippen LogP contribution is -1.84. The SMILES string of the molecule is CCOCC.Fc1cnccc1Cl. The zero-order chi connectivity index (χ0) is 10.1. The lowest BCUT2D eigenvalue weighted by molar-refractivity contribution is 0.162. The lowest BCUT2D eigenvalue weighted by atomic mass is 10.5. The number of hydrogen-bond donors (Lipinski definition) is 0. The van der Waals surface area contributed by atoms with Crippen LogP contribution in [0.15, 0.2) is 18.5 Å². The molecule has 0 bridgehead atoms. The van der Waals surface area contributed by atoms with Crippen LogP contribution < -0.4 is 0 Å². The van der Waals surface area contributed by atoms with Crippen molar-refractivity contribution >= 4 is 11.6 Å². The largest absolute Gasteiger partial charge is 0.382 e. The summed E-state index contributed by atoms with van der Waals surface area (Å²) in [5.41, 5.74) is 0. The molecule has 1 aromatic heterocycles. The summed E-state index contributed by atoms with van der Waals surface area (Å²) in [6, 6.07) is 1.40. The van der Waals surface area contributed by atoms with E-state index < -0.39 is 5.82 Å². The van der Waals surface area contributed by atoms with E-state index in [4.69, 9.17) is 16.3 Å². The van der Waals surface area contributed by atoms with Crippen molar-refractivity contribution in [3.8, 4) is 0 Å². The van der Waals surface area contributed by atoms with Crippen molar-refractivity contribution in [2.75, 3.05) is 13.2 Å². The summed E-state index contributed by atoms with van der Waals surface area (Å²) in [6.45, 7) is 5.67. The molecule has 0 saturated heterocycles. The van der Waals surface area contributed by atoms with Crippen LogP contribution in [0, 0.1) is 5.82 Å². The molecule has 74 valence electrons. The second-order valence-electron chi connectivity index (χ2n) is 2.07. The van der Waals surface area contributed by atoms with E-state index in [-0.39, 0.29) is 5.02 Å². The molecule has 0 saturated carbocycles. The number of ether oxygens (including phenoxy) is 1. The smallest absolute Gasteiger partial charge is 0.160 e. The fraction of sp³-hybridized carbons (Fsp3) is 0.444. The van der Waals surface area contributed by atoms with Crippen LogP contribution in [-0.2, 0) is 4.74 Å². The number of pyridine rings is 1. The highest BCUT2D eigenvalue weighted by atomic mass is 35.5. The first-order valence-corrected chi connectivity index (χ1v) is 4.42. The summed E-state index contributed by atoms with van der Waals surface area (Å²) in [6.07, 6.45) is 2.51. The van der Waals surface area contributed by atoms with Crippen molar-refractivity contribution in [2.24, 2.45) is 0 Å². The average molecular weight is 206 g/mol. The highest BCUT2D eigenvalue weighted by molar-refractivity contribution is 6.30. The van der Waals surface area contributed by atoms with Gasteiger partial charge in [-0.05, 0) is 19.9 Å². The fourth-order valence-corrected chi connectivity index (χ4v) is 0.667. The molecule has 1 aromatic rings. The van der Waals surface area contributed by atoms with Gasteiger partial charge in [-0.2, -0.15) is 0 Å². The molecule has 0 aliphatic heterocycles.